The Kier molecular flexibility index (Phi) is 4.59. The van der Waals surface area contributed by atoms with E-state index < -0.39 is 11.9 Å². The first kappa shape index (κ1) is 15.7. The molecule has 8 nitrogen and oxygen atoms in total. The monoisotopic (exact) mass is 307 g/mol. The summed E-state index contributed by atoms with van der Waals surface area (Å²) in [5.74, 6) is -2.06. The van der Waals surface area contributed by atoms with Crippen LogP contribution in [0.4, 0.5) is 0 Å². The fourth-order valence-corrected chi connectivity index (χ4v) is 2.39. The fraction of sp³-hybridized carbons (Fsp3) is 0.429. The summed E-state index contributed by atoms with van der Waals surface area (Å²) in [6, 6.07) is 2.88. The van der Waals surface area contributed by atoms with Gasteiger partial charge in [0.2, 0.25) is 5.76 Å². The van der Waals surface area contributed by atoms with Gasteiger partial charge in [-0.3, -0.25) is 0 Å². The van der Waals surface area contributed by atoms with E-state index in [2.05, 4.69) is 10.3 Å². The average molecular weight is 307 g/mol. The van der Waals surface area contributed by atoms with E-state index in [0.717, 1.165) is 12.8 Å². The Morgan fingerprint density at radius 1 is 1.23 bits per heavy atom. The minimum absolute atomic E-state index is 0.00927. The molecule has 0 spiro atoms. The molecule has 0 unspecified atom stereocenters. The van der Waals surface area contributed by atoms with E-state index in [-0.39, 0.29) is 23.9 Å². The van der Waals surface area contributed by atoms with Crippen molar-refractivity contribution in [2.24, 2.45) is 0 Å². The van der Waals surface area contributed by atoms with Gasteiger partial charge in [0.25, 0.3) is 0 Å². The van der Waals surface area contributed by atoms with E-state index in [9.17, 15) is 14.7 Å². The third-order valence-corrected chi connectivity index (χ3v) is 3.53. The van der Waals surface area contributed by atoms with Gasteiger partial charge in [-0.1, -0.05) is 19.1 Å². The summed E-state index contributed by atoms with van der Waals surface area (Å²) in [6.07, 6.45) is 1.51. The molecule has 0 aromatic carbocycles. The highest BCUT2D eigenvalue weighted by atomic mass is 16.4. The number of carbonyl (C=O) groups is 2. The van der Waals surface area contributed by atoms with Gasteiger partial charge < -0.3 is 14.6 Å². The van der Waals surface area contributed by atoms with Crippen LogP contribution in [-0.2, 0) is 6.54 Å². The van der Waals surface area contributed by atoms with Crippen molar-refractivity contribution in [3.63, 3.8) is 0 Å². The summed E-state index contributed by atoms with van der Waals surface area (Å²) in [7, 11) is 0. The molecule has 0 aliphatic rings. The second kappa shape index (κ2) is 6.42. The molecule has 2 heterocycles. The van der Waals surface area contributed by atoms with Gasteiger partial charge in [0, 0.05) is 5.92 Å². The molecule has 8 heteroatoms. The van der Waals surface area contributed by atoms with Crippen molar-refractivity contribution in [1.82, 2.24) is 15.0 Å². The predicted octanol–water partition coefficient (Wildman–Crippen LogP) is 2.22. The van der Waals surface area contributed by atoms with Gasteiger partial charge in [0.15, 0.2) is 5.69 Å². The highest BCUT2D eigenvalue weighted by Crippen LogP contribution is 2.26. The Bertz CT molecular complexity index is 684. The maximum Gasteiger partial charge on any atom is 0.371 e. The molecule has 0 saturated carbocycles. The van der Waals surface area contributed by atoms with E-state index in [1.54, 1.807) is 0 Å². The zero-order valence-corrected chi connectivity index (χ0v) is 12.3. The Morgan fingerprint density at radius 2 is 1.91 bits per heavy atom. The van der Waals surface area contributed by atoms with Gasteiger partial charge in [0.1, 0.15) is 12.3 Å². The first-order valence-corrected chi connectivity index (χ1v) is 6.96. The molecule has 22 heavy (non-hydrogen) atoms. The topological polar surface area (TPSA) is 118 Å². The van der Waals surface area contributed by atoms with Crippen molar-refractivity contribution in [3.05, 3.63) is 35.0 Å². The predicted molar refractivity (Wildman–Crippen MR) is 75.1 cm³/mol. The van der Waals surface area contributed by atoms with Crippen LogP contribution in [0.25, 0.3) is 0 Å². The minimum atomic E-state index is -1.16. The SMILES string of the molecule is CCC(CC)c1c(C(=O)O)nnn1Cc1ccc(C(=O)O)o1. The lowest BCUT2D eigenvalue weighted by molar-refractivity contribution is 0.0657. The molecule has 0 aliphatic heterocycles. The van der Waals surface area contributed by atoms with Crippen LogP contribution < -0.4 is 0 Å². The number of rotatable bonds is 7. The van der Waals surface area contributed by atoms with Gasteiger partial charge >= 0.3 is 11.9 Å². The number of carboxylic acid groups (broad SMARTS) is 2. The Labute approximate surface area is 126 Å². The van der Waals surface area contributed by atoms with Crippen LogP contribution in [0.3, 0.4) is 0 Å². The molecule has 2 aromatic heterocycles. The fourth-order valence-electron chi connectivity index (χ4n) is 2.39. The Hall–Kier alpha value is -2.64. The van der Waals surface area contributed by atoms with Crippen molar-refractivity contribution in [3.8, 4) is 0 Å². The number of aromatic nitrogens is 3. The summed E-state index contributed by atoms with van der Waals surface area (Å²) in [6.45, 7) is 4.07. The van der Waals surface area contributed by atoms with E-state index in [4.69, 9.17) is 9.52 Å². The zero-order valence-electron chi connectivity index (χ0n) is 12.3. The highest BCUT2D eigenvalue weighted by molar-refractivity contribution is 5.86. The molecular weight excluding hydrogens is 290 g/mol. The molecule has 0 aliphatic carbocycles. The highest BCUT2D eigenvalue weighted by Gasteiger charge is 2.25. The quantitative estimate of drug-likeness (QED) is 0.804. The third-order valence-electron chi connectivity index (χ3n) is 3.53. The van der Waals surface area contributed by atoms with Crippen LogP contribution in [0.5, 0.6) is 0 Å². The summed E-state index contributed by atoms with van der Waals surface area (Å²) in [5, 5.41) is 25.7. The van der Waals surface area contributed by atoms with E-state index >= 15 is 0 Å². The van der Waals surface area contributed by atoms with Crippen molar-refractivity contribution < 1.29 is 24.2 Å². The number of furan rings is 1. The number of carboxylic acids is 2. The van der Waals surface area contributed by atoms with Crippen molar-refractivity contribution in [2.45, 2.75) is 39.2 Å². The second-order valence-electron chi connectivity index (χ2n) is 4.87. The van der Waals surface area contributed by atoms with Crippen LogP contribution in [-0.4, -0.2) is 37.1 Å². The van der Waals surface area contributed by atoms with Crippen molar-refractivity contribution >= 4 is 11.9 Å². The molecule has 0 bridgehead atoms. The number of aromatic carboxylic acids is 2. The molecule has 118 valence electrons. The minimum Gasteiger partial charge on any atom is -0.476 e. The van der Waals surface area contributed by atoms with Gasteiger partial charge in [-0.05, 0) is 25.0 Å². The van der Waals surface area contributed by atoms with Crippen LogP contribution in [0, 0.1) is 0 Å². The summed E-state index contributed by atoms with van der Waals surface area (Å²) in [5.41, 5.74) is 0.462. The largest absolute Gasteiger partial charge is 0.476 e. The lowest BCUT2D eigenvalue weighted by Gasteiger charge is -2.14. The zero-order chi connectivity index (χ0) is 16.3. The summed E-state index contributed by atoms with van der Waals surface area (Å²) >= 11 is 0. The molecule has 2 rings (SSSR count). The van der Waals surface area contributed by atoms with Crippen LogP contribution in [0.2, 0.25) is 0 Å². The molecule has 0 amide bonds. The molecule has 0 fully saturated rings. The second-order valence-corrected chi connectivity index (χ2v) is 4.87. The van der Waals surface area contributed by atoms with Gasteiger partial charge in [-0.2, -0.15) is 0 Å². The van der Waals surface area contributed by atoms with Crippen LogP contribution in [0.15, 0.2) is 16.5 Å². The number of nitrogens with zero attached hydrogens (tertiary/aromatic N) is 3. The molecular formula is C14H17N3O5. The molecule has 0 radical (unpaired) electrons. The molecule has 2 N–H and O–H groups in total. The normalized spacial score (nSPS) is 11.0. The van der Waals surface area contributed by atoms with Crippen molar-refractivity contribution in [1.29, 1.82) is 0 Å². The van der Waals surface area contributed by atoms with Crippen molar-refractivity contribution in [2.75, 3.05) is 0 Å². The van der Waals surface area contributed by atoms with Gasteiger partial charge in [-0.25, -0.2) is 14.3 Å². The lowest BCUT2D eigenvalue weighted by atomic mass is 9.97. The van der Waals surface area contributed by atoms with Gasteiger partial charge in [0.05, 0.1) is 5.69 Å². The lowest BCUT2D eigenvalue weighted by Crippen LogP contribution is -2.13. The first-order valence-electron chi connectivity index (χ1n) is 6.96. The molecule has 0 saturated heterocycles. The standard InChI is InChI=1S/C14H17N3O5/c1-3-8(4-2)12-11(14(20)21)15-16-17(12)7-9-5-6-10(22-9)13(18)19/h5-6,8H,3-4,7H2,1-2H3,(H,18,19)(H,20,21). The van der Waals surface area contributed by atoms with Gasteiger partial charge in [-0.15, -0.1) is 5.10 Å². The maximum atomic E-state index is 11.3. The Balaban J connectivity index is 2.37. The number of hydrogen-bond donors (Lipinski definition) is 2. The van der Waals surface area contributed by atoms with Crippen LogP contribution in [0.1, 0.15) is 65.1 Å². The maximum absolute atomic E-state index is 11.3. The smallest absolute Gasteiger partial charge is 0.371 e. The Morgan fingerprint density at radius 3 is 2.41 bits per heavy atom. The first-order chi connectivity index (χ1) is 10.5. The summed E-state index contributed by atoms with van der Waals surface area (Å²) < 4.78 is 6.65. The van der Waals surface area contributed by atoms with E-state index in [1.807, 2.05) is 13.8 Å². The van der Waals surface area contributed by atoms with Crippen LogP contribution >= 0.6 is 0 Å². The average Bonchev–Trinajstić information content (AvgIpc) is 3.09. The number of hydrogen-bond acceptors (Lipinski definition) is 5. The molecule has 2 aromatic rings. The summed E-state index contributed by atoms with van der Waals surface area (Å²) in [4.78, 5) is 22.1. The van der Waals surface area contributed by atoms with E-state index in [0.29, 0.717) is 11.5 Å². The van der Waals surface area contributed by atoms with E-state index in [1.165, 1.54) is 16.8 Å². The third kappa shape index (κ3) is 3.00. The molecule has 0 atom stereocenters.